The minimum atomic E-state index is -0.815. The molecule has 0 spiro atoms. The highest BCUT2D eigenvalue weighted by atomic mass is 35.5. The van der Waals surface area contributed by atoms with Crippen LogP contribution in [0.4, 0.5) is 5.69 Å². The molecule has 0 fully saturated rings. The Morgan fingerprint density at radius 2 is 2.12 bits per heavy atom. The van der Waals surface area contributed by atoms with E-state index in [1.807, 2.05) is 6.92 Å². The predicted molar refractivity (Wildman–Crippen MR) is 119 cm³/mol. The molecule has 2 aromatic carbocycles. The molecule has 0 saturated carbocycles. The minimum absolute atomic E-state index is 0.0235. The first-order valence-corrected chi connectivity index (χ1v) is 9.56. The van der Waals surface area contributed by atoms with Gasteiger partial charge in [0.25, 0.3) is 5.91 Å². The van der Waals surface area contributed by atoms with Crippen molar-refractivity contribution < 1.29 is 14.8 Å². The number of phenolic OH excluding ortho intramolecular Hbond substituents is 1. The second-order valence-electron chi connectivity index (χ2n) is 6.86. The number of amides is 1. The van der Waals surface area contributed by atoms with Gasteiger partial charge in [0, 0.05) is 34.1 Å². The fourth-order valence-electron chi connectivity index (χ4n) is 3.35. The molecule has 4 aromatic rings. The van der Waals surface area contributed by atoms with Gasteiger partial charge < -0.3 is 10.1 Å². The average Bonchev–Trinajstić information content (AvgIpc) is 2.74. The summed E-state index contributed by atoms with van der Waals surface area (Å²) in [7, 11) is 0. The summed E-state index contributed by atoms with van der Waals surface area (Å²) in [6, 6.07) is 8.83. The van der Waals surface area contributed by atoms with E-state index < -0.39 is 27.7 Å². The van der Waals surface area contributed by atoms with Crippen molar-refractivity contribution in [2.75, 3.05) is 0 Å². The number of aromatic nitrogens is 2. The topological polar surface area (TPSA) is 151 Å². The molecule has 0 aliphatic rings. The maximum Gasteiger partial charge on any atom is 0.311 e. The summed E-state index contributed by atoms with van der Waals surface area (Å²) in [5.41, 5.74) is 2.89. The number of rotatable bonds is 4. The zero-order chi connectivity index (χ0) is 23.0. The summed E-state index contributed by atoms with van der Waals surface area (Å²) in [6.07, 6.45) is 2.20. The highest BCUT2D eigenvalue weighted by Crippen LogP contribution is 2.28. The van der Waals surface area contributed by atoms with Gasteiger partial charge in [-0.15, -0.1) is 0 Å². The van der Waals surface area contributed by atoms with E-state index in [9.17, 15) is 24.8 Å². The summed E-state index contributed by atoms with van der Waals surface area (Å²) in [5, 5.41) is 25.9. The zero-order valence-corrected chi connectivity index (χ0v) is 17.2. The van der Waals surface area contributed by atoms with Gasteiger partial charge in [-0.3, -0.25) is 24.7 Å². The van der Waals surface area contributed by atoms with Gasteiger partial charge in [-0.1, -0.05) is 17.7 Å². The van der Waals surface area contributed by atoms with Crippen molar-refractivity contribution in [2.45, 2.75) is 6.92 Å². The summed E-state index contributed by atoms with van der Waals surface area (Å²) >= 11 is 6.05. The van der Waals surface area contributed by atoms with Crippen LogP contribution in [0.3, 0.4) is 0 Å². The fraction of sp³-hybridized carbons (Fsp3) is 0.0476. The monoisotopic (exact) mass is 451 g/mol. The largest absolute Gasteiger partial charge is 0.502 e. The maximum atomic E-state index is 12.9. The molecular formula is C21H14ClN5O5. The molecule has 0 radical (unpaired) electrons. The van der Waals surface area contributed by atoms with Crippen LogP contribution in [-0.4, -0.2) is 32.1 Å². The second kappa shape index (κ2) is 8.08. The van der Waals surface area contributed by atoms with Crippen LogP contribution >= 0.6 is 11.6 Å². The Hall–Kier alpha value is -4.31. The molecule has 0 unspecified atom stereocenters. The lowest BCUT2D eigenvalue weighted by Crippen LogP contribution is -2.25. The number of carbonyl (C=O) groups excluding carboxylic acids is 1. The van der Waals surface area contributed by atoms with Crippen LogP contribution in [0.15, 0.2) is 52.5 Å². The van der Waals surface area contributed by atoms with Crippen LogP contribution in [-0.2, 0) is 0 Å². The number of aromatic hydroxyl groups is 1. The predicted octanol–water partition coefficient (Wildman–Crippen LogP) is 3.42. The number of hydrogen-bond donors (Lipinski definition) is 3. The minimum Gasteiger partial charge on any atom is -0.502 e. The van der Waals surface area contributed by atoms with E-state index in [0.29, 0.717) is 16.2 Å². The molecule has 10 nitrogen and oxygen atoms in total. The Bertz CT molecular complexity index is 1510. The first kappa shape index (κ1) is 20.9. The lowest BCUT2D eigenvalue weighted by molar-refractivity contribution is -0.385. The Kier molecular flexibility index (Phi) is 5.29. The van der Waals surface area contributed by atoms with E-state index in [0.717, 1.165) is 29.4 Å². The number of fused-ring (bicyclic) bond motifs is 3. The summed E-state index contributed by atoms with van der Waals surface area (Å²) in [4.78, 5) is 42.8. The van der Waals surface area contributed by atoms with Crippen molar-refractivity contribution in [1.29, 1.82) is 0 Å². The first-order chi connectivity index (χ1) is 15.3. The number of phenols is 1. The van der Waals surface area contributed by atoms with E-state index >= 15 is 0 Å². The normalized spacial score (nSPS) is 11.3. The lowest BCUT2D eigenvalue weighted by Gasteiger charge is -2.08. The van der Waals surface area contributed by atoms with Crippen LogP contribution in [0.1, 0.15) is 21.5 Å². The molecule has 0 saturated heterocycles. The Morgan fingerprint density at radius 1 is 1.34 bits per heavy atom. The van der Waals surface area contributed by atoms with Gasteiger partial charge in [0.05, 0.1) is 16.7 Å². The molecule has 32 heavy (non-hydrogen) atoms. The molecule has 1 amide bonds. The number of pyridine rings is 2. The summed E-state index contributed by atoms with van der Waals surface area (Å²) in [6.45, 7) is 1.84. The van der Waals surface area contributed by atoms with Crippen molar-refractivity contribution in [3.8, 4) is 5.75 Å². The van der Waals surface area contributed by atoms with Gasteiger partial charge in [-0.25, -0.2) is 5.43 Å². The second-order valence-corrected chi connectivity index (χ2v) is 7.26. The highest BCUT2D eigenvalue weighted by Gasteiger charge is 2.17. The van der Waals surface area contributed by atoms with Crippen LogP contribution in [0.2, 0.25) is 5.15 Å². The highest BCUT2D eigenvalue weighted by molar-refractivity contribution is 6.30. The lowest BCUT2D eigenvalue weighted by atomic mass is 10.0. The number of nitrogens with one attached hydrogen (secondary N) is 2. The van der Waals surface area contributed by atoms with E-state index in [2.05, 4.69) is 20.5 Å². The number of para-hydroxylation sites is 1. The van der Waals surface area contributed by atoms with Gasteiger partial charge in [0.2, 0.25) is 11.2 Å². The molecular weight excluding hydrogens is 438 g/mol. The number of aryl methyl sites for hydroxylation is 1. The first-order valence-electron chi connectivity index (χ1n) is 9.18. The molecule has 2 heterocycles. The molecule has 0 atom stereocenters. The average molecular weight is 452 g/mol. The van der Waals surface area contributed by atoms with Crippen molar-refractivity contribution in [3.05, 3.63) is 84.8 Å². The SMILES string of the molecule is Cc1cc(Cl)[nH]c2ccc3c(=O)c(C(=O)N/N=C/c4cccc([N+](=O)[O-])c4O)cnc3c12. The number of nitro groups is 1. The number of H-pyrrole nitrogens is 1. The van der Waals surface area contributed by atoms with Crippen molar-refractivity contribution in [3.63, 3.8) is 0 Å². The number of nitro benzene ring substituents is 1. The third kappa shape index (κ3) is 3.63. The van der Waals surface area contributed by atoms with Gasteiger partial charge in [-0.2, -0.15) is 5.10 Å². The molecule has 3 N–H and O–H groups in total. The number of benzene rings is 2. The van der Waals surface area contributed by atoms with Crippen molar-refractivity contribution in [2.24, 2.45) is 5.10 Å². The van der Waals surface area contributed by atoms with Crippen LogP contribution in [0, 0.1) is 17.0 Å². The van der Waals surface area contributed by atoms with Crippen LogP contribution in [0.25, 0.3) is 21.8 Å². The van der Waals surface area contributed by atoms with E-state index in [-0.39, 0.29) is 16.5 Å². The Morgan fingerprint density at radius 3 is 2.88 bits per heavy atom. The molecule has 0 aliphatic heterocycles. The Balaban J connectivity index is 1.66. The number of halogens is 1. The quantitative estimate of drug-likeness (QED) is 0.142. The maximum absolute atomic E-state index is 12.9. The summed E-state index contributed by atoms with van der Waals surface area (Å²) < 4.78 is 0. The summed E-state index contributed by atoms with van der Waals surface area (Å²) in [5.74, 6) is -1.41. The zero-order valence-electron chi connectivity index (χ0n) is 16.4. The number of hydrogen-bond acceptors (Lipinski definition) is 7. The smallest absolute Gasteiger partial charge is 0.311 e. The number of nitrogens with zero attached hydrogens (tertiary/aromatic N) is 3. The molecule has 4 rings (SSSR count). The van der Waals surface area contributed by atoms with E-state index in [1.165, 1.54) is 12.1 Å². The third-order valence-electron chi connectivity index (χ3n) is 4.84. The van der Waals surface area contributed by atoms with Gasteiger partial charge >= 0.3 is 5.69 Å². The van der Waals surface area contributed by atoms with Crippen molar-refractivity contribution in [1.82, 2.24) is 15.4 Å². The van der Waals surface area contributed by atoms with E-state index in [1.54, 1.807) is 18.2 Å². The van der Waals surface area contributed by atoms with Crippen LogP contribution < -0.4 is 10.9 Å². The molecule has 11 heteroatoms. The Labute approximate surface area is 184 Å². The standard InChI is InChI=1S/C21H14ClN5O5/c1-10-7-16(22)25-14-6-5-12-18(17(10)14)23-9-13(20(12)29)21(30)26-24-8-11-3-2-4-15(19(11)28)27(31)32/h2-9,25,28H,1H3,(H,26,30)/b24-8+. The molecule has 0 bridgehead atoms. The number of aromatic amines is 1. The van der Waals surface area contributed by atoms with E-state index in [4.69, 9.17) is 11.6 Å². The third-order valence-corrected chi connectivity index (χ3v) is 5.04. The van der Waals surface area contributed by atoms with Gasteiger partial charge in [0.15, 0.2) is 0 Å². The fourth-order valence-corrected chi connectivity index (χ4v) is 3.62. The molecule has 160 valence electrons. The number of carbonyl (C=O) groups is 1. The molecule has 0 aliphatic carbocycles. The molecule has 2 aromatic heterocycles. The van der Waals surface area contributed by atoms with Gasteiger partial charge in [0.1, 0.15) is 10.7 Å². The number of hydrazone groups is 1. The van der Waals surface area contributed by atoms with Crippen molar-refractivity contribution >= 4 is 51.2 Å². The van der Waals surface area contributed by atoms with Gasteiger partial charge in [-0.05, 0) is 36.8 Å². The van der Waals surface area contributed by atoms with Crippen LogP contribution in [0.5, 0.6) is 5.75 Å².